The highest BCUT2D eigenvalue weighted by atomic mass is 16.4. The fourth-order valence-electron chi connectivity index (χ4n) is 3.12. The molecule has 150 valence electrons. The summed E-state index contributed by atoms with van der Waals surface area (Å²) in [6, 6.07) is 5.04. The molecule has 28 heavy (non-hydrogen) atoms. The van der Waals surface area contributed by atoms with Crippen molar-refractivity contribution in [1.82, 2.24) is 15.5 Å². The fourth-order valence-corrected chi connectivity index (χ4v) is 3.12. The second-order valence-electron chi connectivity index (χ2n) is 6.59. The molecule has 1 aromatic carbocycles. The molecule has 0 unspecified atom stereocenters. The molecule has 3 amide bonds. The van der Waals surface area contributed by atoms with Crippen LogP contribution in [0.2, 0.25) is 0 Å². The third kappa shape index (κ3) is 5.38. The lowest BCUT2D eigenvalue weighted by atomic mass is 10.1. The van der Waals surface area contributed by atoms with E-state index in [0.29, 0.717) is 31.2 Å². The Kier molecular flexibility index (Phi) is 7.25. The number of aliphatic carboxylic acids is 1. The second kappa shape index (κ2) is 9.63. The third-order valence-electron chi connectivity index (χ3n) is 4.55. The first-order chi connectivity index (χ1) is 13.3. The maximum Gasteiger partial charge on any atom is 0.305 e. The molecule has 1 aliphatic heterocycles. The monoisotopic (exact) mass is 389 g/mol. The summed E-state index contributed by atoms with van der Waals surface area (Å²) in [6.45, 7) is 1.88. The van der Waals surface area contributed by atoms with Crippen molar-refractivity contribution in [3.05, 3.63) is 35.4 Å². The molecule has 0 aliphatic carbocycles. The van der Waals surface area contributed by atoms with Crippen LogP contribution in [0.1, 0.15) is 35.2 Å². The molecule has 1 fully saturated rings. The van der Waals surface area contributed by atoms with Crippen molar-refractivity contribution < 1.29 is 29.1 Å². The van der Waals surface area contributed by atoms with Crippen LogP contribution in [0.3, 0.4) is 0 Å². The van der Waals surface area contributed by atoms with Gasteiger partial charge in [0.2, 0.25) is 11.8 Å². The second-order valence-corrected chi connectivity index (χ2v) is 6.59. The molecule has 9 nitrogen and oxygen atoms in total. The molecule has 9 heteroatoms. The van der Waals surface area contributed by atoms with Gasteiger partial charge in [-0.15, -0.1) is 0 Å². The topological polar surface area (TPSA) is 133 Å². The van der Waals surface area contributed by atoms with E-state index in [-0.39, 0.29) is 12.5 Å². The van der Waals surface area contributed by atoms with Crippen LogP contribution in [0, 0.1) is 6.92 Å². The van der Waals surface area contributed by atoms with Gasteiger partial charge in [-0.05, 0) is 31.4 Å². The quantitative estimate of drug-likeness (QED) is 0.531. The predicted octanol–water partition coefficient (Wildman–Crippen LogP) is -0.126. The molecule has 3 N–H and O–H groups in total. The molecule has 1 saturated heterocycles. The largest absolute Gasteiger partial charge is 0.481 e. The average Bonchev–Trinajstić information content (AvgIpc) is 3.15. The summed E-state index contributed by atoms with van der Waals surface area (Å²) in [4.78, 5) is 60.1. The SMILES string of the molecule is Cc1ccccc1C(=O)NCC(=O)N1CCC[C@H]1C(=O)N[C@H](C=O)CC(=O)O. The van der Waals surface area contributed by atoms with Gasteiger partial charge in [0.25, 0.3) is 5.91 Å². The third-order valence-corrected chi connectivity index (χ3v) is 4.55. The number of carbonyl (C=O) groups excluding carboxylic acids is 4. The molecule has 1 heterocycles. The van der Waals surface area contributed by atoms with Crippen LogP contribution in [0.4, 0.5) is 0 Å². The van der Waals surface area contributed by atoms with E-state index in [4.69, 9.17) is 5.11 Å². The lowest BCUT2D eigenvalue weighted by molar-refractivity contribution is -0.140. The number of amides is 3. The molecule has 2 atom stereocenters. The van der Waals surface area contributed by atoms with Crippen LogP contribution in [0.15, 0.2) is 24.3 Å². The first-order valence-corrected chi connectivity index (χ1v) is 8.94. The number of hydrogen-bond acceptors (Lipinski definition) is 5. The summed E-state index contributed by atoms with van der Waals surface area (Å²) in [5.74, 6) is -2.58. The van der Waals surface area contributed by atoms with Crippen molar-refractivity contribution >= 4 is 30.0 Å². The number of nitrogens with zero attached hydrogens (tertiary/aromatic N) is 1. The first kappa shape index (κ1) is 21.1. The maximum absolute atomic E-state index is 12.5. The summed E-state index contributed by atoms with van der Waals surface area (Å²) in [6.07, 6.45) is 0.833. The minimum atomic E-state index is -1.21. The number of aldehydes is 1. The number of likely N-dealkylation sites (tertiary alicyclic amines) is 1. The summed E-state index contributed by atoms with van der Waals surface area (Å²) in [7, 11) is 0. The van der Waals surface area contributed by atoms with Gasteiger partial charge in [-0.2, -0.15) is 0 Å². The Bertz CT molecular complexity index is 779. The van der Waals surface area contributed by atoms with E-state index >= 15 is 0 Å². The Labute approximate surface area is 162 Å². The number of carbonyl (C=O) groups is 5. The number of carboxylic acids is 1. The van der Waals surface area contributed by atoms with Gasteiger partial charge in [0.1, 0.15) is 12.3 Å². The van der Waals surface area contributed by atoms with Crippen molar-refractivity contribution in [3.63, 3.8) is 0 Å². The zero-order chi connectivity index (χ0) is 20.7. The Morgan fingerprint density at radius 1 is 1.29 bits per heavy atom. The zero-order valence-electron chi connectivity index (χ0n) is 15.5. The van der Waals surface area contributed by atoms with Crippen molar-refractivity contribution in [2.75, 3.05) is 13.1 Å². The molecule has 0 saturated carbocycles. The molecule has 0 spiro atoms. The van der Waals surface area contributed by atoms with Crippen molar-refractivity contribution in [2.45, 2.75) is 38.3 Å². The van der Waals surface area contributed by atoms with Crippen LogP contribution < -0.4 is 10.6 Å². The van der Waals surface area contributed by atoms with E-state index in [1.54, 1.807) is 25.1 Å². The first-order valence-electron chi connectivity index (χ1n) is 8.94. The van der Waals surface area contributed by atoms with Crippen LogP contribution in [-0.4, -0.2) is 65.2 Å². The highest BCUT2D eigenvalue weighted by molar-refractivity contribution is 5.98. The fraction of sp³-hybridized carbons (Fsp3) is 0.421. The Balaban J connectivity index is 1.94. The van der Waals surface area contributed by atoms with Gasteiger partial charge in [-0.3, -0.25) is 19.2 Å². The van der Waals surface area contributed by atoms with Gasteiger partial charge in [-0.1, -0.05) is 18.2 Å². The number of rotatable bonds is 8. The molecule has 0 aromatic heterocycles. The smallest absolute Gasteiger partial charge is 0.305 e. The Hall–Kier alpha value is -3.23. The van der Waals surface area contributed by atoms with E-state index in [1.165, 1.54) is 4.90 Å². The average molecular weight is 389 g/mol. The zero-order valence-corrected chi connectivity index (χ0v) is 15.5. The van der Waals surface area contributed by atoms with E-state index in [1.807, 2.05) is 6.07 Å². The minimum absolute atomic E-state index is 0.261. The molecule has 1 aliphatic rings. The lowest BCUT2D eigenvalue weighted by Crippen LogP contribution is -2.51. The normalized spacial score (nSPS) is 16.9. The molecular weight excluding hydrogens is 366 g/mol. The van der Waals surface area contributed by atoms with E-state index in [9.17, 15) is 24.0 Å². The maximum atomic E-state index is 12.5. The van der Waals surface area contributed by atoms with Gasteiger partial charge in [-0.25, -0.2) is 0 Å². The van der Waals surface area contributed by atoms with Gasteiger partial charge in [0, 0.05) is 12.1 Å². The van der Waals surface area contributed by atoms with Gasteiger partial charge < -0.3 is 25.4 Å². The number of hydrogen-bond donors (Lipinski definition) is 3. The Morgan fingerprint density at radius 3 is 2.64 bits per heavy atom. The summed E-state index contributed by atoms with van der Waals surface area (Å²) in [5, 5.41) is 13.7. The summed E-state index contributed by atoms with van der Waals surface area (Å²) < 4.78 is 0. The van der Waals surface area contributed by atoms with Crippen LogP contribution >= 0.6 is 0 Å². The molecule has 2 rings (SSSR count). The van der Waals surface area contributed by atoms with E-state index in [2.05, 4.69) is 10.6 Å². The van der Waals surface area contributed by atoms with Crippen LogP contribution in [-0.2, 0) is 19.2 Å². The predicted molar refractivity (Wildman–Crippen MR) is 98.5 cm³/mol. The van der Waals surface area contributed by atoms with Crippen LogP contribution in [0.25, 0.3) is 0 Å². The standard InChI is InChI=1S/C19H23N3O6/c1-12-5-2-3-6-14(12)18(27)20-10-16(24)22-8-4-7-15(22)19(28)21-13(11-23)9-17(25)26/h2-3,5-6,11,13,15H,4,7-10H2,1H3,(H,20,27)(H,21,28)(H,25,26)/t13-,15-/m0/s1. The number of carboxylic acid groups (broad SMARTS) is 1. The summed E-state index contributed by atoms with van der Waals surface area (Å²) in [5.41, 5.74) is 1.25. The number of benzene rings is 1. The van der Waals surface area contributed by atoms with Crippen molar-refractivity contribution in [1.29, 1.82) is 0 Å². The van der Waals surface area contributed by atoms with E-state index in [0.717, 1.165) is 5.56 Å². The molecule has 1 aromatic rings. The summed E-state index contributed by atoms with van der Waals surface area (Å²) >= 11 is 0. The Morgan fingerprint density at radius 2 is 2.00 bits per heavy atom. The molecule has 0 radical (unpaired) electrons. The van der Waals surface area contributed by atoms with Crippen molar-refractivity contribution in [3.8, 4) is 0 Å². The van der Waals surface area contributed by atoms with Gasteiger partial charge in [0.05, 0.1) is 19.0 Å². The van der Waals surface area contributed by atoms with Gasteiger partial charge >= 0.3 is 5.97 Å². The number of aryl methyl sites for hydroxylation is 1. The highest BCUT2D eigenvalue weighted by Crippen LogP contribution is 2.18. The molecule has 0 bridgehead atoms. The minimum Gasteiger partial charge on any atom is -0.481 e. The highest BCUT2D eigenvalue weighted by Gasteiger charge is 2.35. The molecular formula is C19H23N3O6. The number of nitrogens with one attached hydrogen (secondary N) is 2. The van der Waals surface area contributed by atoms with Crippen LogP contribution in [0.5, 0.6) is 0 Å². The van der Waals surface area contributed by atoms with E-state index < -0.39 is 36.3 Å². The van der Waals surface area contributed by atoms with Gasteiger partial charge in [0.15, 0.2) is 0 Å². The van der Waals surface area contributed by atoms with Crippen molar-refractivity contribution in [2.24, 2.45) is 0 Å². The lowest BCUT2D eigenvalue weighted by Gasteiger charge is -2.25.